The van der Waals surface area contributed by atoms with Gasteiger partial charge in [-0.3, -0.25) is 9.59 Å². The molecule has 0 fully saturated rings. The van der Waals surface area contributed by atoms with Crippen LogP contribution in [0.5, 0.6) is 11.5 Å². The summed E-state index contributed by atoms with van der Waals surface area (Å²) in [4.78, 5) is 26.1. The largest absolute Gasteiger partial charge is 0.453 e. The average Bonchev–Trinajstić information content (AvgIpc) is 2.86. The zero-order valence-electron chi connectivity index (χ0n) is 19.8. The molecule has 36 heavy (non-hydrogen) atoms. The Hall–Kier alpha value is -4.14. The summed E-state index contributed by atoms with van der Waals surface area (Å²) in [6, 6.07) is 21.1. The summed E-state index contributed by atoms with van der Waals surface area (Å²) in [5.41, 5.74) is 2.19. The molecule has 0 aliphatic heterocycles. The van der Waals surface area contributed by atoms with Gasteiger partial charge in [0.2, 0.25) is 0 Å². The maximum Gasteiger partial charge on any atom is 0.299 e. The number of nitrogens with zero attached hydrogens (tertiary/aromatic N) is 2. The molecular formula is C27H25ClN4O4. The number of aryl methyl sites for hydroxylation is 1. The number of amides is 1. The molecule has 0 aliphatic rings. The predicted molar refractivity (Wildman–Crippen MR) is 140 cm³/mol. The van der Waals surface area contributed by atoms with Crippen LogP contribution < -0.4 is 20.9 Å². The van der Waals surface area contributed by atoms with Gasteiger partial charge < -0.3 is 20.1 Å². The molecule has 1 heterocycles. The third-order valence-electron chi connectivity index (χ3n) is 5.20. The van der Waals surface area contributed by atoms with Gasteiger partial charge in [0.1, 0.15) is 5.75 Å². The van der Waals surface area contributed by atoms with Crippen LogP contribution in [0, 0.1) is 6.92 Å². The lowest BCUT2D eigenvalue weighted by molar-refractivity contribution is 0.0937. The molecule has 1 aromatic heterocycles. The minimum absolute atomic E-state index is 0.156. The molecular weight excluding hydrogens is 480 g/mol. The highest BCUT2D eigenvalue weighted by molar-refractivity contribution is 6.30. The summed E-state index contributed by atoms with van der Waals surface area (Å²) in [6.45, 7) is 2.74. The lowest BCUT2D eigenvalue weighted by Crippen LogP contribution is -2.27. The van der Waals surface area contributed by atoms with Gasteiger partial charge in [-0.25, -0.2) is 0 Å². The highest BCUT2D eigenvalue weighted by Gasteiger charge is 2.16. The number of methoxy groups -OCH3 is 1. The minimum Gasteiger partial charge on any atom is -0.453 e. The number of benzene rings is 3. The highest BCUT2D eigenvalue weighted by atomic mass is 35.5. The molecule has 4 rings (SSSR count). The first-order valence-corrected chi connectivity index (χ1v) is 11.6. The van der Waals surface area contributed by atoms with Gasteiger partial charge in [0.25, 0.3) is 11.5 Å². The van der Waals surface area contributed by atoms with Crippen LogP contribution in [0.4, 0.5) is 11.4 Å². The summed E-state index contributed by atoms with van der Waals surface area (Å²) in [5.74, 6) is 0.544. The van der Waals surface area contributed by atoms with Gasteiger partial charge in [-0.1, -0.05) is 35.9 Å². The molecule has 3 aromatic carbocycles. The normalized spacial score (nSPS) is 10.6. The lowest BCUT2D eigenvalue weighted by atomic mass is 10.2. The quantitative estimate of drug-likeness (QED) is 0.308. The molecule has 0 atom stereocenters. The monoisotopic (exact) mass is 504 g/mol. The second kappa shape index (κ2) is 11.5. The van der Waals surface area contributed by atoms with Crippen molar-refractivity contribution in [3.05, 3.63) is 105 Å². The van der Waals surface area contributed by atoms with Crippen molar-refractivity contribution in [2.75, 3.05) is 25.6 Å². The van der Waals surface area contributed by atoms with Crippen molar-refractivity contribution in [2.45, 2.75) is 6.92 Å². The van der Waals surface area contributed by atoms with Crippen LogP contribution in [0.1, 0.15) is 15.9 Å². The van der Waals surface area contributed by atoms with Crippen LogP contribution in [0.15, 0.2) is 83.8 Å². The first kappa shape index (κ1) is 25.0. The number of carbonyl (C=O) groups is 1. The summed E-state index contributed by atoms with van der Waals surface area (Å²) in [6.07, 6.45) is 1.47. The Labute approximate surface area is 213 Å². The molecule has 0 spiro atoms. The van der Waals surface area contributed by atoms with Crippen molar-refractivity contribution in [3.8, 4) is 17.2 Å². The molecule has 0 saturated heterocycles. The van der Waals surface area contributed by atoms with E-state index in [9.17, 15) is 9.59 Å². The number of carbonyl (C=O) groups excluding carboxylic acids is 1. The number of aromatic nitrogens is 2. The first-order chi connectivity index (χ1) is 17.4. The van der Waals surface area contributed by atoms with Crippen molar-refractivity contribution < 1.29 is 14.3 Å². The Morgan fingerprint density at radius 2 is 1.86 bits per heavy atom. The zero-order chi connectivity index (χ0) is 25.5. The Kier molecular flexibility index (Phi) is 7.99. The van der Waals surface area contributed by atoms with Gasteiger partial charge >= 0.3 is 0 Å². The maximum absolute atomic E-state index is 13.6. The fourth-order valence-corrected chi connectivity index (χ4v) is 3.66. The molecule has 9 heteroatoms. The van der Waals surface area contributed by atoms with Gasteiger partial charge in [0, 0.05) is 29.9 Å². The summed E-state index contributed by atoms with van der Waals surface area (Å²) < 4.78 is 12.3. The van der Waals surface area contributed by atoms with Gasteiger partial charge in [-0.2, -0.15) is 9.78 Å². The number of nitrogens with one attached hydrogen (secondary N) is 2. The third-order valence-corrected chi connectivity index (χ3v) is 5.43. The fourth-order valence-electron chi connectivity index (χ4n) is 3.48. The lowest BCUT2D eigenvalue weighted by Gasteiger charge is -2.15. The van der Waals surface area contributed by atoms with Crippen LogP contribution in [-0.4, -0.2) is 35.9 Å². The summed E-state index contributed by atoms with van der Waals surface area (Å²) >= 11 is 6.13. The van der Waals surface area contributed by atoms with Gasteiger partial charge in [-0.15, -0.1) is 0 Å². The molecule has 2 N–H and O–H groups in total. The molecule has 1 amide bonds. The smallest absolute Gasteiger partial charge is 0.299 e. The summed E-state index contributed by atoms with van der Waals surface area (Å²) in [5, 5.41) is 10.7. The predicted octanol–water partition coefficient (Wildman–Crippen LogP) is 5.11. The van der Waals surface area contributed by atoms with Gasteiger partial charge in [0.15, 0.2) is 11.4 Å². The van der Waals surface area contributed by atoms with E-state index in [4.69, 9.17) is 21.1 Å². The maximum atomic E-state index is 13.6. The van der Waals surface area contributed by atoms with Crippen molar-refractivity contribution in [2.24, 2.45) is 0 Å². The van der Waals surface area contributed by atoms with E-state index in [0.717, 1.165) is 5.56 Å². The fraction of sp³-hybridized carbons (Fsp3) is 0.148. The zero-order valence-corrected chi connectivity index (χ0v) is 20.6. The molecule has 8 nitrogen and oxygen atoms in total. The molecule has 184 valence electrons. The Bertz CT molecular complexity index is 1440. The Balaban J connectivity index is 1.72. The van der Waals surface area contributed by atoms with Crippen LogP contribution >= 0.6 is 11.6 Å². The van der Waals surface area contributed by atoms with E-state index in [-0.39, 0.29) is 17.3 Å². The minimum atomic E-state index is -0.447. The standard InChI is InChI=1S/C27H25ClN4O4/c1-18-6-3-11-23(14-18)36-24-17-30-32(22-10-5-8-20(28)16-22)27(34)25(24)31-21-9-4-7-19(15-21)26(33)29-12-13-35-2/h3-11,14-17,31H,12-13H2,1-2H3,(H,29,33). The van der Waals surface area contributed by atoms with Crippen LogP contribution in [-0.2, 0) is 4.74 Å². The van der Waals surface area contributed by atoms with E-state index in [2.05, 4.69) is 15.7 Å². The second-order valence-corrected chi connectivity index (χ2v) is 8.39. The average molecular weight is 505 g/mol. The Morgan fingerprint density at radius 3 is 2.64 bits per heavy atom. The second-order valence-electron chi connectivity index (χ2n) is 7.95. The molecule has 0 bridgehead atoms. The number of rotatable bonds is 9. The van der Waals surface area contributed by atoms with Crippen molar-refractivity contribution in [1.82, 2.24) is 15.1 Å². The number of hydrogen-bond acceptors (Lipinski definition) is 6. The molecule has 0 saturated carbocycles. The first-order valence-electron chi connectivity index (χ1n) is 11.2. The third kappa shape index (κ3) is 6.10. The van der Waals surface area contributed by atoms with E-state index < -0.39 is 5.56 Å². The van der Waals surface area contributed by atoms with Crippen LogP contribution in [0.25, 0.3) is 5.69 Å². The summed E-state index contributed by atoms with van der Waals surface area (Å²) in [7, 11) is 1.57. The molecule has 0 aliphatic carbocycles. The molecule has 0 unspecified atom stereocenters. The van der Waals surface area contributed by atoms with E-state index in [1.807, 2.05) is 25.1 Å². The van der Waals surface area contributed by atoms with Crippen molar-refractivity contribution in [3.63, 3.8) is 0 Å². The van der Waals surface area contributed by atoms with Gasteiger partial charge in [0.05, 0.1) is 18.5 Å². The topological polar surface area (TPSA) is 94.5 Å². The highest BCUT2D eigenvalue weighted by Crippen LogP contribution is 2.29. The van der Waals surface area contributed by atoms with Crippen LogP contribution in [0.2, 0.25) is 5.02 Å². The number of anilines is 2. The SMILES string of the molecule is COCCNC(=O)c1cccc(Nc2c(Oc3cccc(C)c3)cnn(-c3cccc(Cl)c3)c2=O)c1. The van der Waals surface area contributed by atoms with E-state index in [1.165, 1.54) is 10.9 Å². The van der Waals surface area contributed by atoms with E-state index in [0.29, 0.717) is 40.9 Å². The van der Waals surface area contributed by atoms with Crippen molar-refractivity contribution >= 4 is 28.9 Å². The number of ether oxygens (including phenoxy) is 2. The Morgan fingerprint density at radius 1 is 1.06 bits per heavy atom. The van der Waals surface area contributed by atoms with Crippen molar-refractivity contribution in [1.29, 1.82) is 0 Å². The van der Waals surface area contributed by atoms with E-state index in [1.54, 1.807) is 61.7 Å². The molecule has 4 aromatic rings. The number of hydrogen-bond donors (Lipinski definition) is 2. The van der Waals surface area contributed by atoms with Crippen LogP contribution in [0.3, 0.4) is 0 Å². The van der Waals surface area contributed by atoms with E-state index >= 15 is 0 Å². The van der Waals surface area contributed by atoms with Gasteiger partial charge in [-0.05, 0) is 61.0 Å². The number of halogens is 1. The molecule has 0 radical (unpaired) electrons.